The number of Topliss-reactive ketones (excluding diaryl/α,β-unsaturated/α-hetero) is 1. The highest BCUT2D eigenvalue weighted by Crippen LogP contribution is 2.07. The number of carboxylic acid groups (broad SMARTS) is 1. The number of carbonyl (C=O) groups excluding carboxylic acids is 1. The van der Waals surface area contributed by atoms with Gasteiger partial charge in [0.1, 0.15) is 5.78 Å². The van der Waals surface area contributed by atoms with Gasteiger partial charge in [-0.05, 0) is 32.1 Å². The van der Waals surface area contributed by atoms with Crippen LogP contribution in [0.15, 0.2) is 24.3 Å². The maximum Gasteiger partial charge on any atom is 0.303 e. The van der Waals surface area contributed by atoms with Crippen LogP contribution in [0.5, 0.6) is 0 Å². The third-order valence-corrected chi connectivity index (χ3v) is 3.24. The monoisotopic (exact) mass is 294 g/mol. The molecule has 0 spiro atoms. The number of aliphatic carboxylic acids is 1. The molecule has 0 unspecified atom stereocenters. The van der Waals surface area contributed by atoms with Crippen LogP contribution in [-0.4, -0.2) is 16.9 Å². The molecule has 0 fully saturated rings. The first-order valence-corrected chi connectivity index (χ1v) is 8.20. The van der Waals surface area contributed by atoms with Crippen molar-refractivity contribution in [1.82, 2.24) is 0 Å². The van der Waals surface area contributed by atoms with Crippen molar-refractivity contribution >= 4 is 11.8 Å². The van der Waals surface area contributed by atoms with Crippen molar-refractivity contribution in [3.8, 4) is 0 Å². The fourth-order valence-electron chi connectivity index (χ4n) is 2.05. The highest BCUT2D eigenvalue weighted by Gasteiger charge is 1.96. The number of hydrogen-bond acceptors (Lipinski definition) is 2. The van der Waals surface area contributed by atoms with Gasteiger partial charge in [-0.15, -0.1) is 0 Å². The Bertz CT molecular complexity index is 329. The highest BCUT2D eigenvalue weighted by atomic mass is 16.4. The summed E-state index contributed by atoms with van der Waals surface area (Å²) in [5.41, 5.74) is 0. The molecule has 0 rings (SSSR count). The Balaban J connectivity index is 3.31. The third-order valence-electron chi connectivity index (χ3n) is 3.24. The van der Waals surface area contributed by atoms with E-state index in [1.165, 1.54) is 12.8 Å². The van der Waals surface area contributed by atoms with E-state index in [0.29, 0.717) is 25.0 Å². The van der Waals surface area contributed by atoms with Gasteiger partial charge in [-0.3, -0.25) is 9.59 Å². The van der Waals surface area contributed by atoms with E-state index in [2.05, 4.69) is 18.2 Å². The number of ketones is 1. The van der Waals surface area contributed by atoms with Crippen molar-refractivity contribution in [3.63, 3.8) is 0 Å². The minimum atomic E-state index is -0.692. The topological polar surface area (TPSA) is 54.4 Å². The first kappa shape index (κ1) is 19.6. The second-order valence-corrected chi connectivity index (χ2v) is 5.37. The van der Waals surface area contributed by atoms with Crippen LogP contribution >= 0.6 is 0 Å². The Morgan fingerprint density at radius 1 is 0.857 bits per heavy atom. The minimum Gasteiger partial charge on any atom is -0.481 e. The minimum absolute atomic E-state index is 0.299. The zero-order chi connectivity index (χ0) is 15.8. The lowest BCUT2D eigenvalue weighted by molar-refractivity contribution is -0.137. The zero-order valence-corrected chi connectivity index (χ0v) is 13.4. The Kier molecular flexibility index (Phi) is 14.0. The molecule has 0 radical (unpaired) electrons. The lowest BCUT2D eigenvalue weighted by Crippen LogP contribution is -1.93. The number of rotatable bonds is 14. The number of carbonyl (C=O) groups is 2. The molecule has 1 N–H and O–H groups in total. The van der Waals surface area contributed by atoms with Crippen LogP contribution in [0.4, 0.5) is 0 Å². The van der Waals surface area contributed by atoms with Crippen LogP contribution in [-0.2, 0) is 9.59 Å². The predicted molar refractivity (Wildman–Crippen MR) is 87.4 cm³/mol. The Morgan fingerprint density at radius 3 is 2.24 bits per heavy atom. The molecule has 0 aromatic carbocycles. The normalized spacial score (nSPS) is 11.5. The second-order valence-electron chi connectivity index (χ2n) is 5.37. The quantitative estimate of drug-likeness (QED) is 0.360. The largest absolute Gasteiger partial charge is 0.481 e. The van der Waals surface area contributed by atoms with Crippen LogP contribution in [0.2, 0.25) is 0 Å². The van der Waals surface area contributed by atoms with Gasteiger partial charge in [0.15, 0.2) is 0 Å². The van der Waals surface area contributed by atoms with Gasteiger partial charge in [0.2, 0.25) is 0 Å². The van der Waals surface area contributed by atoms with Gasteiger partial charge < -0.3 is 5.11 Å². The van der Waals surface area contributed by atoms with Gasteiger partial charge >= 0.3 is 5.97 Å². The molecule has 21 heavy (non-hydrogen) atoms. The summed E-state index contributed by atoms with van der Waals surface area (Å²) in [5, 5.41) is 8.50. The SMILES string of the molecule is CCCC(=O)CC=CCC=CCCCCCCCC(=O)O. The molecule has 0 aromatic heterocycles. The maximum absolute atomic E-state index is 11.3. The van der Waals surface area contributed by atoms with E-state index >= 15 is 0 Å². The summed E-state index contributed by atoms with van der Waals surface area (Å²) in [4.78, 5) is 21.6. The molecule has 0 saturated heterocycles. The van der Waals surface area contributed by atoms with E-state index in [0.717, 1.165) is 38.5 Å². The summed E-state index contributed by atoms with van der Waals surface area (Å²) in [5.74, 6) is -0.372. The van der Waals surface area contributed by atoms with Gasteiger partial charge in [0.25, 0.3) is 0 Å². The molecule has 120 valence electrons. The van der Waals surface area contributed by atoms with E-state index in [9.17, 15) is 9.59 Å². The Labute approximate surface area is 129 Å². The molecule has 0 atom stereocenters. The first-order chi connectivity index (χ1) is 10.2. The third kappa shape index (κ3) is 16.6. The molecule has 0 heterocycles. The van der Waals surface area contributed by atoms with Crippen molar-refractivity contribution in [2.75, 3.05) is 0 Å². The molecular weight excluding hydrogens is 264 g/mol. The molecular formula is C18H30O3. The van der Waals surface area contributed by atoms with Crippen molar-refractivity contribution in [1.29, 1.82) is 0 Å². The van der Waals surface area contributed by atoms with Crippen LogP contribution in [0, 0.1) is 0 Å². The molecule has 0 amide bonds. The van der Waals surface area contributed by atoms with Crippen LogP contribution in [0.25, 0.3) is 0 Å². The molecule has 0 saturated carbocycles. The van der Waals surface area contributed by atoms with Crippen LogP contribution in [0.3, 0.4) is 0 Å². The average Bonchev–Trinajstić information content (AvgIpc) is 2.44. The summed E-state index contributed by atoms with van der Waals surface area (Å²) in [7, 11) is 0. The summed E-state index contributed by atoms with van der Waals surface area (Å²) in [6.45, 7) is 2.02. The molecule has 0 aliphatic carbocycles. The van der Waals surface area contributed by atoms with Crippen LogP contribution < -0.4 is 0 Å². The summed E-state index contributed by atoms with van der Waals surface area (Å²) < 4.78 is 0. The second kappa shape index (κ2) is 15.0. The van der Waals surface area contributed by atoms with Crippen molar-refractivity contribution in [2.24, 2.45) is 0 Å². The lowest BCUT2D eigenvalue weighted by atomic mass is 10.1. The Morgan fingerprint density at radius 2 is 1.52 bits per heavy atom. The molecule has 0 aromatic rings. The van der Waals surface area contributed by atoms with E-state index in [1.807, 2.05) is 13.0 Å². The standard InChI is InChI=1S/C18H30O3/c1-2-14-17(19)15-12-10-8-6-4-3-5-7-9-11-13-16-18(20)21/h4,6,10,12H,2-3,5,7-9,11,13-16H2,1H3,(H,20,21). The summed E-state index contributed by atoms with van der Waals surface area (Å²) >= 11 is 0. The van der Waals surface area contributed by atoms with Gasteiger partial charge in [0.05, 0.1) is 0 Å². The summed E-state index contributed by atoms with van der Waals surface area (Å²) in [6, 6.07) is 0. The summed E-state index contributed by atoms with van der Waals surface area (Å²) in [6.07, 6.45) is 18.1. The first-order valence-electron chi connectivity index (χ1n) is 8.20. The zero-order valence-electron chi connectivity index (χ0n) is 13.4. The number of carboxylic acids is 1. The van der Waals surface area contributed by atoms with Crippen LogP contribution in [0.1, 0.15) is 77.6 Å². The van der Waals surface area contributed by atoms with Gasteiger partial charge in [-0.2, -0.15) is 0 Å². The van der Waals surface area contributed by atoms with Crippen molar-refractivity contribution in [3.05, 3.63) is 24.3 Å². The van der Waals surface area contributed by atoms with E-state index in [-0.39, 0.29) is 0 Å². The Hall–Kier alpha value is -1.38. The predicted octanol–water partition coefficient (Wildman–Crippen LogP) is 5.06. The molecule has 0 aliphatic heterocycles. The van der Waals surface area contributed by atoms with E-state index < -0.39 is 5.97 Å². The molecule has 0 aliphatic rings. The average molecular weight is 294 g/mol. The van der Waals surface area contributed by atoms with E-state index in [4.69, 9.17) is 5.11 Å². The highest BCUT2D eigenvalue weighted by molar-refractivity contribution is 5.79. The lowest BCUT2D eigenvalue weighted by Gasteiger charge is -1.98. The van der Waals surface area contributed by atoms with Gasteiger partial charge in [0, 0.05) is 19.3 Å². The van der Waals surface area contributed by atoms with Gasteiger partial charge in [-0.1, -0.05) is 50.5 Å². The smallest absolute Gasteiger partial charge is 0.303 e. The molecule has 3 heteroatoms. The number of allylic oxidation sites excluding steroid dienone is 4. The van der Waals surface area contributed by atoms with Gasteiger partial charge in [-0.25, -0.2) is 0 Å². The fourth-order valence-corrected chi connectivity index (χ4v) is 2.05. The molecule has 0 bridgehead atoms. The number of hydrogen-bond donors (Lipinski definition) is 1. The maximum atomic E-state index is 11.3. The molecule has 3 nitrogen and oxygen atoms in total. The fraction of sp³-hybridized carbons (Fsp3) is 0.667. The number of unbranched alkanes of at least 4 members (excludes halogenated alkanes) is 5. The van der Waals surface area contributed by atoms with Crippen molar-refractivity contribution < 1.29 is 14.7 Å². The van der Waals surface area contributed by atoms with Crippen molar-refractivity contribution in [2.45, 2.75) is 77.6 Å². The van der Waals surface area contributed by atoms with E-state index in [1.54, 1.807) is 0 Å².